The quantitative estimate of drug-likeness (QED) is 0.876. The van der Waals surface area contributed by atoms with Gasteiger partial charge in [0.25, 0.3) is 0 Å². The molecule has 88 valence electrons. The van der Waals surface area contributed by atoms with Crippen LogP contribution >= 0.6 is 0 Å². The fraction of sp³-hybridized carbons (Fsp3) is 0.214. The van der Waals surface area contributed by atoms with E-state index in [1.54, 1.807) is 6.26 Å². The summed E-state index contributed by atoms with van der Waals surface area (Å²) in [7, 11) is 0. The second kappa shape index (κ2) is 4.87. The van der Waals surface area contributed by atoms with E-state index in [-0.39, 0.29) is 6.42 Å². The van der Waals surface area contributed by atoms with E-state index in [2.05, 4.69) is 0 Å². The second-order valence-electron chi connectivity index (χ2n) is 4.02. The molecule has 1 aromatic heterocycles. The topological polar surface area (TPSA) is 50.4 Å². The first-order chi connectivity index (χ1) is 8.16. The molecule has 3 heteroatoms. The summed E-state index contributed by atoms with van der Waals surface area (Å²) in [6.07, 6.45) is 2.34. The summed E-state index contributed by atoms with van der Waals surface area (Å²) in [5.74, 6) is 0.0461. The summed E-state index contributed by atoms with van der Waals surface area (Å²) in [4.78, 5) is 10.5. The fourth-order valence-corrected chi connectivity index (χ4v) is 1.77. The van der Waals surface area contributed by atoms with E-state index in [1.807, 2.05) is 37.3 Å². The zero-order chi connectivity index (χ0) is 12.3. The number of carboxylic acids is 1. The Kier molecular flexibility index (Phi) is 3.28. The van der Waals surface area contributed by atoms with Crippen molar-refractivity contribution in [2.45, 2.75) is 19.8 Å². The molecule has 0 atom stereocenters. The number of aliphatic carboxylic acids is 1. The minimum atomic E-state index is -0.773. The lowest BCUT2D eigenvalue weighted by molar-refractivity contribution is -0.136. The van der Waals surface area contributed by atoms with Crippen molar-refractivity contribution in [1.82, 2.24) is 0 Å². The molecule has 0 fully saturated rings. The van der Waals surface area contributed by atoms with Gasteiger partial charge in [-0.1, -0.05) is 12.1 Å². The van der Waals surface area contributed by atoms with Gasteiger partial charge in [-0.2, -0.15) is 0 Å². The van der Waals surface area contributed by atoms with E-state index in [9.17, 15) is 4.79 Å². The Labute approximate surface area is 99.7 Å². The highest BCUT2D eigenvalue weighted by Crippen LogP contribution is 2.25. The predicted molar refractivity (Wildman–Crippen MR) is 64.8 cm³/mol. The molecule has 0 saturated heterocycles. The van der Waals surface area contributed by atoms with E-state index >= 15 is 0 Å². The molecule has 17 heavy (non-hydrogen) atoms. The number of rotatable bonds is 4. The Morgan fingerprint density at radius 3 is 2.82 bits per heavy atom. The molecule has 0 amide bonds. The average Bonchev–Trinajstić information content (AvgIpc) is 2.81. The van der Waals surface area contributed by atoms with Crippen LogP contribution in [-0.2, 0) is 11.2 Å². The van der Waals surface area contributed by atoms with Crippen LogP contribution in [0.3, 0.4) is 0 Å². The normalized spacial score (nSPS) is 10.4. The highest BCUT2D eigenvalue weighted by Gasteiger charge is 2.06. The minimum Gasteiger partial charge on any atom is -0.481 e. The molecule has 1 heterocycles. The summed E-state index contributed by atoms with van der Waals surface area (Å²) >= 11 is 0. The molecule has 3 nitrogen and oxygen atoms in total. The van der Waals surface area contributed by atoms with Crippen molar-refractivity contribution in [2.24, 2.45) is 0 Å². The van der Waals surface area contributed by atoms with Gasteiger partial charge < -0.3 is 9.52 Å². The van der Waals surface area contributed by atoms with Crippen LogP contribution < -0.4 is 0 Å². The molecule has 0 spiro atoms. The van der Waals surface area contributed by atoms with Gasteiger partial charge in [0.2, 0.25) is 0 Å². The van der Waals surface area contributed by atoms with Crippen molar-refractivity contribution in [3.05, 3.63) is 47.7 Å². The Bertz CT molecular complexity index is 512. The predicted octanol–water partition coefficient (Wildman–Crippen LogP) is 3.27. The monoisotopic (exact) mass is 230 g/mol. The van der Waals surface area contributed by atoms with E-state index in [0.717, 1.165) is 22.5 Å². The van der Waals surface area contributed by atoms with Gasteiger partial charge in [0, 0.05) is 12.0 Å². The highest BCUT2D eigenvalue weighted by atomic mass is 16.4. The lowest BCUT2D eigenvalue weighted by Gasteiger charge is -2.06. The number of carboxylic acid groups (broad SMARTS) is 1. The molecule has 0 saturated carbocycles. The average molecular weight is 230 g/mol. The number of aryl methyl sites for hydroxylation is 2. The number of hydrogen-bond donors (Lipinski definition) is 1. The maximum atomic E-state index is 10.5. The molecule has 0 bridgehead atoms. The van der Waals surface area contributed by atoms with Crippen LogP contribution in [0.5, 0.6) is 0 Å². The molecule has 0 aliphatic heterocycles. The smallest absolute Gasteiger partial charge is 0.303 e. The van der Waals surface area contributed by atoms with Crippen LogP contribution in [0.1, 0.15) is 17.5 Å². The second-order valence-corrected chi connectivity index (χ2v) is 4.02. The molecule has 1 aromatic carbocycles. The first kappa shape index (κ1) is 11.5. The van der Waals surface area contributed by atoms with Crippen molar-refractivity contribution in [1.29, 1.82) is 0 Å². The van der Waals surface area contributed by atoms with Crippen LogP contribution in [0.15, 0.2) is 41.0 Å². The molecule has 2 rings (SSSR count). The molecule has 0 unspecified atom stereocenters. The summed E-state index contributed by atoms with van der Waals surface area (Å²) in [5.41, 5.74) is 3.17. The third kappa shape index (κ3) is 2.75. The highest BCUT2D eigenvalue weighted by molar-refractivity contribution is 5.67. The van der Waals surface area contributed by atoms with Crippen LogP contribution in [0.4, 0.5) is 0 Å². The van der Waals surface area contributed by atoms with Crippen molar-refractivity contribution >= 4 is 5.97 Å². The molecular formula is C14H14O3. The zero-order valence-electron chi connectivity index (χ0n) is 9.64. The molecular weight excluding hydrogens is 216 g/mol. The van der Waals surface area contributed by atoms with Crippen LogP contribution in [0, 0.1) is 6.92 Å². The number of benzene rings is 1. The lowest BCUT2D eigenvalue weighted by Crippen LogP contribution is -1.97. The molecule has 1 N–H and O–H groups in total. The van der Waals surface area contributed by atoms with E-state index in [0.29, 0.717) is 6.42 Å². The van der Waals surface area contributed by atoms with Gasteiger partial charge in [0.05, 0.1) is 6.26 Å². The maximum Gasteiger partial charge on any atom is 0.303 e. The Hall–Kier alpha value is -2.03. The van der Waals surface area contributed by atoms with Gasteiger partial charge in [0.15, 0.2) is 0 Å². The first-order valence-corrected chi connectivity index (χ1v) is 5.52. The van der Waals surface area contributed by atoms with E-state index in [1.165, 1.54) is 0 Å². The largest absolute Gasteiger partial charge is 0.481 e. The van der Waals surface area contributed by atoms with Crippen LogP contribution in [0.2, 0.25) is 0 Å². The Balaban J connectivity index is 2.27. The molecule has 0 aliphatic carbocycles. The maximum absolute atomic E-state index is 10.5. The van der Waals surface area contributed by atoms with Gasteiger partial charge in [-0.3, -0.25) is 4.79 Å². The zero-order valence-corrected chi connectivity index (χ0v) is 9.64. The number of carbonyl (C=O) groups is 1. The van der Waals surface area contributed by atoms with Gasteiger partial charge in [-0.25, -0.2) is 0 Å². The molecule has 0 aliphatic rings. The minimum absolute atomic E-state index is 0.153. The van der Waals surface area contributed by atoms with Gasteiger partial charge in [-0.05, 0) is 42.7 Å². The third-order valence-electron chi connectivity index (χ3n) is 2.72. The van der Waals surface area contributed by atoms with E-state index in [4.69, 9.17) is 9.52 Å². The number of furan rings is 1. The van der Waals surface area contributed by atoms with Crippen molar-refractivity contribution in [3.63, 3.8) is 0 Å². The summed E-state index contributed by atoms with van der Waals surface area (Å²) in [6, 6.07) is 9.71. The van der Waals surface area contributed by atoms with E-state index < -0.39 is 5.97 Å². The van der Waals surface area contributed by atoms with Crippen LogP contribution in [-0.4, -0.2) is 11.1 Å². The molecule has 0 radical (unpaired) electrons. The first-order valence-electron chi connectivity index (χ1n) is 5.52. The standard InChI is InChI=1S/C14H14O3/c1-10-4-5-11(6-7-14(15)16)9-12(10)13-3-2-8-17-13/h2-5,8-9H,6-7H2,1H3,(H,15,16). The Morgan fingerprint density at radius 2 is 2.18 bits per heavy atom. The fourth-order valence-electron chi connectivity index (χ4n) is 1.77. The van der Waals surface area contributed by atoms with Gasteiger partial charge in [0.1, 0.15) is 5.76 Å². The SMILES string of the molecule is Cc1ccc(CCC(=O)O)cc1-c1ccco1. The molecule has 2 aromatic rings. The van der Waals surface area contributed by atoms with Gasteiger partial charge in [-0.15, -0.1) is 0 Å². The van der Waals surface area contributed by atoms with Crippen molar-refractivity contribution in [3.8, 4) is 11.3 Å². The van der Waals surface area contributed by atoms with Crippen molar-refractivity contribution in [2.75, 3.05) is 0 Å². The Morgan fingerprint density at radius 1 is 1.35 bits per heavy atom. The summed E-state index contributed by atoms with van der Waals surface area (Å²) in [6.45, 7) is 2.01. The summed E-state index contributed by atoms with van der Waals surface area (Å²) < 4.78 is 5.36. The third-order valence-corrected chi connectivity index (χ3v) is 2.72. The summed E-state index contributed by atoms with van der Waals surface area (Å²) in [5, 5.41) is 8.66. The van der Waals surface area contributed by atoms with Gasteiger partial charge >= 0.3 is 5.97 Å². The van der Waals surface area contributed by atoms with Crippen LogP contribution in [0.25, 0.3) is 11.3 Å². The number of hydrogen-bond acceptors (Lipinski definition) is 2. The lowest BCUT2D eigenvalue weighted by atomic mass is 10.0. The van der Waals surface area contributed by atoms with Crippen molar-refractivity contribution < 1.29 is 14.3 Å².